The fourth-order valence-electron chi connectivity index (χ4n) is 1.77. The zero-order chi connectivity index (χ0) is 15.9. The highest BCUT2D eigenvalue weighted by Gasteiger charge is 2.06. The van der Waals surface area contributed by atoms with E-state index in [0.717, 1.165) is 12.1 Å². The number of sulfone groups is 1. The summed E-state index contributed by atoms with van der Waals surface area (Å²) < 4.78 is 22.7. The molecular formula is C15H25N3O2S. The van der Waals surface area contributed by atoms with Gasteiger partial charge in [-0.15, -0.1) is 0 Å². The maximum Gasteiger partial charge on any atom is 0.193 e. The monoisotopic (exact) mass is 311 g/mol. The fraction of sp³-hybridized carbons (Fsp3) is 0.533. The number of anilines is 1. The van der Waals surface area contributed by atoms with Crippen molar-refractivity contribution in [3.05, 3.63) is 29.8 Å². The van der Waals surface area contributed by atoms with Crippen LogP contribution in [-0.4, -0.2) is 32.4 Å². The van der Waals surface area contributed by atoms with Gasteiger partial charge in [0, 0.05) is 11.4 Å². The molecule has 0 aliphatic heterocycles. The van der Waals surface area contributed by atoms with Crippen LogP contribution in [-0.2, 0) is 9.84 Å². The van der Waals surface area contributed by atoms with E-state index in [-0.39, 0.29) is 24.0 Å². The molecule has 0 bridgehead atoms. The van der Waals surface area contributed by atoms with Crippen LogP contribution in [0.4, 0.5) is 5.69 Å². The van der Waals surface area contributed by atoms with Gasteiger partial charge in [-0.1, -0.05) is 32.9 Å². The molecule has 0 saturated carbocycles. The molecule has 0 fully saturated rings. The number of rotatable bonds is 7. The third-order valence-electron chi connectivity index (χ3n) is 3.49. The summed E-state index contributed by atoms with van der Waals surface area (Å²) in [6.45, 7) is 6.15. The lowest BCUT2D eigenvalue weighted by atomic mass is 9.99. The van der Waals surface area contributed by atoms with Gasteiger partial charge in [0.1, 0.15) is 0 Å². The molecule has 1 aromatic carbocycles. The lowest BCUT2D eigenvalue weighted by Crippen LogP contribution is -2.24. The molecule has 0 aromatic heterocycles. The van der Waals surface area contributed by atoms with E-state index in [4.69, 9.17) is 5.73 Å². The summed E-state index contributed by atoms with van der Waals surface area (Å²) in [4.78, 5) is 4.03. The predicted octanol–water partition coefficient (Wildman–Crippen LogP) is 2.36. The molecule has 0 spiro atoms. The van der Waals surface area contributed by atoms with E-state index in [1.807, 2.05) is 12.1 Å². The number of benzene rings is 1. The first kappa shape index (κ1) is 17.5. The molecule has 0 aliphatic carbocycles. The van der Waals surface area contributed by atoms with Crippen LogP contribution >= 0.6 is 0 Å². The third-order valence-corrected chi connectivity index (χ3v) is 5.17. The van der Waals surface area contributed by atoms with E-state index >= 15 is 0 Å². The average Bonchev–Trinajstić information content (AvgIpc) is 2.47. The first-order valence-corrected chi connectivity index (χ1v) is 9.07. The van der Waals surface area contributed by atoms with Gasteiger partial charge in [-0.3, -0.25) is 4.99 Å². The van der Waals surface area contributed by atoms with Gasteiger partial charge in [0.25, 0.3) is 0 Å². The van der Waals surface area contributed by atoms with Gasteiger partial charge in [0.05, 0.1) is 12.3 Å². The molecule has 0 heterocycles. The van der Waals surface area contributed by atoms with Crippen molar-refractivity contribution >= 4 is 21.5 Å². The topological polar surface area (TPSA) is 84.5 Å². The molecule has 0 aliphatic rings. The number of nitrogens with one attached hydrogen (secondary N) is 1. The Labute approximate surface area is 127 Å². The van der Waals surface area contributed by atoms with Gasteiger partial charge < -0.3 is 11.1 Å². The SMILES string of the molecule is CCC(C)c1ccc(NC(N)=NCCS(=O)(=O)CC)cc1. The Bertz CT molecular complexity index is 565. The summed E-state index contributed by atoms with van der Waals surface area (Å²) in [5, 5.41) is 2.96. The number of nitrogens with zero attached hydrogens (tertiary/aromatic N) is 1. The summed E-state index contributed by atoms with van der Waals surface area (Å²) in [6, 6.07) is 8.02. The molecule has 0 amide bonds. The van der Waals surface area contributed by atoms with Crippen LogP contribution in [0, 0.1) is 0 Å². The molecule has 1 rings (SSSR count). The molecule has 0 saturated heterocycles. The smallest absolute Gasteiger partial charge is 0.193 e. The minimum Gasteiger partial charge on any atom is -0.370 e. The zero-order valence-corrected chi connectivity index (χ0v) is 13.8. The van der Waals surface area contributed by atoms with Crippen molar-refractivity contribution in [3.63, 3.8) is 0 Å². The van der Waals surface area contributed by atoms with E-state index in [1.54, 1.807) is 6.92 Å². The Balaban J connectivity index is 2.56. The molecule has 1 atom stereocenters. The zero-order valence-electron chi connectivity index (χ0n) is 13.0. The number of nitrogens with two attached hydrogens (primary N) is 1. The molecular weight excluding hydrogens is 286 g/mol. The van der Waals surface area contributed by atoms with Gasteiger partial charge in [-0.2, -0.15) is 0 Å². The maximum atomic E-state index is 11.3. The molecule has 1 unspecified atom stereocenters. The number of hydrogen-bond donors (Lipinski definition) is 2. The van der Waals surface area contributed by atoms with Crippen LogP contribution in [0.25, 0.3) is 0 Å². The Morgan fingerprint density at radius 3 is 2.43 bits per heavy atom. The van der Waals surface area contributed by atoms with E-state index in [1.165, 1.54) is 5.56 Å². The number of hydrogen-bond acceptors (Lipinski definition) is 3. The van der Waals surface area contributed by atoms with E-state index in [9.17, 15) is 8.42 Å². The lowest BCUT2D eigenvalue weighted by molar-refractivity contribution is 0.597. The number of guanidine groups is 1. The van der Waals surface area contributed by atoms with Crippen molar-refractivity contribution in [3.8, 4) is 0 Å². The molecule has 1 aromatic rings. The van der Waals surface area contributed by atoms with Crippen LogP contribution in [0.2, 0.25) is 0 Å². The molecule has 5 nitrogen and oxygen atoms in total. The largest absolute Gasteiger partial charge is 0.370 e. The Hall–Kier alpha value is -1.56. The molecule has 21 heavy (non-hydrogen) atoms. The first-order chi connectivity index (χ1) is 9.88. The van der Waals surface area contributed by atoms with Gasteiger partial charge >= 0.3 is 0 Å². The van der Waals surface area contributed by atoms with Gasteiger partial charge in [0.15, 0.2) is 15.8 Å². The second kappa shape index (κ2) is 8.02. The highest BCUT2D eigenvalue weighted by molar-refractivity contribution is 7.91. The second-order valence-corrected chi connectivity index (χ2v) is 7.53. The van der Waals surface area contributed by atoms with Crippen LogP contribution < -0.4 is 11.1 Å². The van der Waals surface area contributed by atoms with Crippen molar-refractivity contribution in [1.82, 2.24) is 0 Å². The van der Waals surface area contributed by atoms with E-state index < -0.39 is 9.84 Å². The Morgan fingerprint density at radius 2 is 1.90 bits per heavy atom. The molecule has 0 radical (unpaired) electrons. The molecule has 118 valence electrons. The highest BCUT2D eigenvalue weighted by atomic mass is 32.2. The predicted molar refractivity (Wildman–Crippen MR) is 89.6 cm³/mol. The maximum absolute atomic E-state index is 11.3. The lowest BCUT2D eigenvalue weighted by Gasteiger charge is -2.10. The quantitative estimate of drug-likeness (QED) is 0.598. The van der Waals surface area contributed by atoms with Crippen LogP contribution in [0.1, 0.15) is 38.7 Å². The normalized spacial score (nSPS) is 14.0. The van der Waals surface area contributed by atoms with Crippen LogP contribution in [0.5, 0.6) is 0 Å². The van der Waals surface area contributed by atoms with Crippen molar-refractivity contribution in [2.45, 2.75) is 33.1 Å². The summed E-state index contributed by atoms with van der Waals surface area (Å²) in [5.74, 6) is 0.924. The van der Waals surface area contributed by atoms with E-state index in [0.29, 0.717) is 5.92 Å². The Kier molecular flexibility index (Phi) is 6.68. The standard InChI is InChI=1S/C15H25N3O2S/c1-4-12(3)13-6-8-14(9-7-13)18-15(16)17-10-11-21(19,20)5-2/h6-9,12H,4-5,10-11H2,1-3H3,(H3,16,17,18). The van der Waals surface area contributed by atoms with Gasteiger partial charge in [0.2, 0.25) is 0 Å². The minimum absolute atomic E-state index is 0.0266. The first-order valence-electron chi connectivity index (χ1n) is 7.25. The fourth-order valence-corrected chi connectivity index (χ4v) is 2.43. The van der Waals surface area contributed by atoms with E-state index in [2.05, 4.69) is 36.3 Å². The molecule has 6 heteroatoms. The Morgan fingerprint density at radius 1 is 1.29 bits per heavy atom. The highest BCUT2D eigenvalue weighted by Crippen LogP contribution is 2.20. The third kappa shape index (κ3) is 6.16. The molecule has 3 N–H and O–H groups in total. The average molecular weight is 311 g/mol. The van der Waals surface area contributed by atoms with Crippen LogP contribution in [0.3, 0.4) is 0 Å². The summed E-state index contributed by atoms with van der Waals surface area (Å²) >= 11 is 0. The van der Waals surface area contributed by atoms with Gasteiger partial charge in [-0.25, -0.2) is 8.42 Å². The summed E-state index contributed by atoms with van der Waals surface area (Å²) in [7, 11) is -3.00. The minimum atomic E-state index is -3.00. The van der Waals surface area contributed by atoms with Gasteiger partial charge in [-0.05, 0) is 30.0 Å². The summed E-state index contributed by atoms with van der Waals surface area (Å²) in [6.07, 6.45) is 1.10. The van der Waals surface area contributed by atoms with Crippen molar-refractivity contribution in [1.29, 1.82) is 0 Å². The van der Waals surface area contributed by atoms with Crippen molar-refractivity contribution in [2.24, 2.45) is 10.7 Å². The number of aliphatic imine (C=N–C) groups is 1. The second-order valence-electron chi connectivity index (χ2n) is 5.06. The van der Waals surface area contributed by atoms with Crippen molar-refractivity contribution in [2.75, 3.05) is 23.4 Å². The van der Waals surface area contributed by atoms with Crippen molar-refractivity contribution < 1.29 is 8.42 Å². The summed E-state index contributed by atoms with van der Waals surface area (Å²) in [5.41, 5.74) is 7.88. The van der Waals surface area contributed by atoms with Crippen LogP contribution in [0.15, 0.2) is 29.3 Å².